The minimum atomic E-state index is -3.05. The van der Waals surface area contributed by atoms with E-state index in [-0.39, 0.29) is 23.5 Å². The van der Waals surface area contributed by atoms with Crippen molar-refractivity contribution in [3.05, 3.63) is 58.3 Å². The maximum absolute atomic E-state index is 14.8. The number of pyridine rings is 1. The molecule has 0 saturated carbocycles. The Balaban J connectivity index is 1.39. The number of fused-ring (bicyclic) bond motifs is 1. The van der Waals surface area contributed by atoms with Crippen LogP contribution in [0.25, 0.3) is 22.2 Å². The smallest absolute Gasteiger partial charge is 0.225 e. The number of aromatic amines is 1. The molecule has 4 aromatic rings. The number of halogens is 3. The summed E-state index contributed by atoms with van der Waals surface area (Å²) in [5, 5.41) is 8.43. The lowest BCUT2D eigenvalue weighted by Crippen LogP contribution is -2.57. The topological polar surface area (TPSA) is 114 Å². The van der Waals surface area contributed by atoms with Gasteiger partial charge in [-0.25, -0.2) is 22.8 Å². The summed E-state index contributed by atoms with van der Waals surface area (Å²) in [5.41, 5.74) is 2.15. The largest absolute Gasteiger partial charge is 0.483 e. The van der Waals surface area contributed by atoms with Gasteiger partial charge in [0.1, 0.15) is 21.6 Å². The standard InChI is InChI=1S/C24H23Cl2FN6O3S/c1-12-15(11-37(3,34)35)10-33(12)24-29-6-14(7-30-24)23-16-4-21(19(27)5-20(16)31-32-23)36-13(2)22-17(25)8-28-9-18(22)26/h4-9,12-13,15H,10-11H2,1-3H3,(H,31,32)/t12-,13-,15-/m1/s1. The molecule has 0 aliphatic carbocycles. The molecule has 1 aromatic carbocycles. The van der Waals surface area contributed by atoms with Crippen molar-refractivity contribution in [3.8, 4) is 17.0 Å². The van der Waals surface area contributed by atoms with Crippen LogP contribution >= 0.6 is 23.2 Å². The minimum absolute atomic E-state index is 0.00968. The van der Waals surface area contributed by atoms with Gasteiger partial charge in [0.2, 0.25) is 5.95 Å². The highest BCUT2D eigenvalue weighted by molar-refractivity contribution is 7.90. The molecule has 5 rings (SSSR count). The van der Waals surface area contributed by atoms with Crippen LogP contribution in [0.5, 0.6) is 5.75 Å². The maximum Gasteiger partial charge on any atom is 0.225 e. The molecule has 13 heteroatoms. The second kappa shape index (κ2) is 9.70. The lowest BCUT2D eigenvalue weighted by Gasteiger charge is -2.46. The summed E-state index contributed by atoms with van der Waals surface area (Å²) in [6.07, 6.45) is 6.78. The van der Waals surface area contributed by atoms with E-state index in [1.165, 1.54) is 24.7 Å². The van der Waals surface area contributed by atoms with Crippen LogP contribution in [0, 0.1) is 11.7 Å². The van der Waals surface area contributed by atoms with Gasteiger partial charge >= 0.3 is 0 Å². The maximum atomic E-state index is 14.8. The van der Waals surface area contributed by atoms with Gasteiger partial charge in [0.05, 0.1) is 21.3 Å². The van der Waals surface area contributed by atoms with Crippen LogP contribution in [0.1, 0.15) is 25.5 Å². The van der Waals surface area contributed by atoms with Crippen LogP contribution in [-0.4, -0.2) is 58.2 Å². The molecule has 194 valence electrons. The van der Waals surface area contributed by atoms with Gasteiger partial charge in [-0.1, -0.05) is 23.2 Å². The monoisotopic (exact) mass is 564 g/mol. The summed E-state index contributed by atoms with van der Waals surface area (Å²) in [5.74, 6) is 0.131. The number of sulfone groups is 1. The zero-order valence-corrected chi connectivity index (χ0v) is 22.4. The van der Waals surface area contributed by atoms with Crippen molar-refractivity contribution in [2.75, 3.05) is 23.5 Å². The highest BCUT2D eigenvalue weighted by Gasteiger charge is 2.38. The molecule has 0 spiro atoms. The Bertz CT molecular complexity index is 1560. The highest BCUT2D eigenvalue weighted by atomic mass is 35.5. The lowest BCUT2D eigenvalue weighted by atomic mass is 9.92. The summed E-state index contributed by atoms with van der Waals surface area (Å²) < 4.78 is 44.0. The Morgan fingerprint density at radius 2 is 1.86 bits per heavy atom. The predicted octanol–water partition coefficient (Wildman–Crippen LogP) is 4.87. The Morgan fingerprint density at radius 3 is 2.49 bits per heavy atom. The van der Waals surface area contributed by atoms with Gasteiger partial charge in [-0.05, 0) is 19.9 Å². The van der Waals surface area contributed by atoms with Crippen LogP contribution in [0.4, 0.5) is 10.3 Å². The van der Waals surface area contributed by atoms with Gasteiger partial charge in [0.15, 0.2) is 11.6 Å². The number of benzene rings is 1. The van der Waals surface area contributed by atoms with Gasteiger partial charge in [0.25, 0.3) is 0 Å². The normalized spacial score (nSPS) is 18.6. The summed E-state index contributed by atoms with van der Waals surface area (Å²) in [6.45, 7) is 4.25. The molecule has 1 aliphatic heterocycles. The van der Waals surface area contributed by atoms with Crippen molar-refractivity contribution in [3.63, 3.8) is 0 Å². The molecule has 0 radical (unpaired) electrons. The second-order valence-corrected chi connectivity index (χ2v) is 12.2. The van der Waals surface area contributed by atoms with Crippen molar-refractivity contribution < 1.29 is 17.5 Å². The van der Waals surface area contributed by atoms with E-state index < -0.39 is 21.8 Å². The van der Waals surface area contributed by atoms with Gasteiger partial charge in [-0.3, -0.25) is 10.1 Å². The molecule has 1 fully saturated rings. The molecule has 37 heavy (non-hydrogen) atoms. The molecule has 0 bridgehead atoms. The molecule has 0 amide bonds. The molecular weight excluding hydrogens is 542 g/mol. The zero-order chi connectivity index (χ0) is 26.5. The number of anilines is 1. The number of hydrogen-bond donors (Lipinski definition) is 1. The average Bonchev–Trinajstić information content (AvgIpc) is 3.23. The number of hydrogen-bond acceptors (Lipinski definition) is 8. The molecule has 1 saturated heterocycles. The van der Waals surface area contributed by atoms with Crippen LogP contribution in [0.3, 0.4) is 0 Å². The average molecular weight is 565 g/mol. The summed E-state index contributed by atoms with van der Waals surface area (Å²) in [7, 11) is -3.05. The van der Waals surface area contributed by atoms with Crippen molar-refractivity contribution in [1.82, 2.24) is 25.1 Å². The third kappa shape index (κ3) is 5.07. The molecule has 3 aromatic heterocycles. The molecule has 3 atom stereocenters. The quantitative estimate of drug-likeness (QED) is 0.338. The number of ether oxygens (including phenoxy) is 1. The van der Waals surface area contributed by atoms with Gasteiger partial charge in [0, 0.05) is 72.1 Å². The van der Waals surface area contributed by atoms with E-state index in [0.717, 1.165) is 0 Å². The second-order valence-electron chi connectivity index (χ2n) is 9.19. The zero-order valence-electron chi connectivity index (χ0n) is 20.1. The Hall–Kier alpha value is -3.02. The summed E-state index contributed by atoms with van der Waals surface area (Å²) >= 11 is 12.5. The number of H-pyrrole nitrogens is 1. The van der Waals surface area contributed by atoms with Gasteiger partial charge in [-0.2, -0.15) is 5.10 Å². The third-order valence-electron chi connectivity index (χ3n) is 6.51. The van der Waals surface area contributed by atoms with Crippen molar-refractivity contribution in [1.29, 1.82) is 0 Å². The number of aromatic nitrogens is 5. The molecule has 1 N–H and O–H groups in total. The van der Waals surface area contributed by atoms with E-state index >= 15 is 0 Å². The SMILES string of the molecule is C[C@@H]1[C@@H](CS(C)(=O)=O)CN1c1ncc(-c2n[nH]c3cc(F)c(O[C@H](C)c4c(Cl)cncc4Cl)cc23)cn1. The fourth-order valence-electron chi connectivity index (χ4n) is 4.51. The van der Waals surface area contributed by atoms with Crippen molar-refractivity contribution in [2.24, 2.45) is 5.92 Å². The molecule has 4 heterocycles. The molecule has 1 aliphatic rings. The summed E-state index contributed by atoms with van der Waals surface area (Å²) in [6, 6.07) is 2.88. The minimum Gasteiger partial charge on any atom is -0.483 e. The van der Waals surface area contributed by atoms with Gasteiger partial charge < -0.3 is 9.64 Å². The van der Waals surface area contributed by atoms with E-state index in [0.29, 0.717) is 50.3 Å². The number of nitrogens with zero attached hydrogens (tertiary/aromatic N) is 5. The van der Waals surface area contributed by atoms with E-state index in [1.807, 2.05) is 11.8 Å². The first kappa shape index (κ1) is 25.6. The Labute approximate surface area is 222 Å². The fraction of sp³-hybridized carbons (Fsp3) is 0.333. The predicted molar refractivity (Wildman–Crippen MR) is 140 cm³/mol. The first-order valence-electron chi connectivity index (χ1n) is 11.4. The number of rotatable bonds is 7. The highest BCUT2D eigenvalue weighted by Crippen LogP contribution is 2.36. The van der Waals surface area contributed by atoms with Crippen LogP contribution in [0.2, 0.25) is 10.0 Å². The molecular formula is C24H23Cl2FN6O3S. The van der Waals surface area contributed by atoms with E-state index in [1.54, 1.807) is 25.4 Å². The summed E-state index contributed by atoms with van der Waals surface area (Å²) in [4.78, 5) is 14.8. The van der Waals surface area contributed by atoms with Crippen molar-refractivity contribution >= 4 is 49.9 Å². The van der Waals surface area contributed by atoms with E-state index in [4.69, 9.17) is 27.9 Å². The van der Waals surface area contributed by atoms with Gasteiger partial charge in [-0.15, -0.1) is 0 Å². The van der Waals surface area contributed by atoms with Crippen molar-refractivity contribution in [2.45, 2.75) is 26.0 Å². The first-order valence-corrected chi connectivity index (χ1v) is 14.2. The Kier molecular flexibility index (Phi) is 6.71. The lowest BCUT2D eigenvalue weighted by molar-refractivity contribution is 0.217. The van der Waals surface area contributed by atoms with Crippen LogP contribution in [-0.2, 0) is 9.84 Å². The van der Waals surface area contributed by atoms with Crippen LogP contribution in [0.15, 0.2) is 36.9 Å². The van der Waals surface area contributed by atoms with E-state index in [9.17, 15) is 12.8 Å². The fourth-order valence-corrected chi connectivity index (χ4v) is 6.35. The molecule has 0 unspecified atom stereocenters. The number of nitrogens with one attached hydrogen (secondary N) is 1. The van der Waals surface area contributed by atoms with E-state index in [2.05, 4.69) is 25.1 Å². The Morgan fingerprint density at radius 1 is 1.19 bits per heavy atom. The first-order chi connectivity index (χ1) is 17.5. The molecule has 9 nitrogen and oxygen atoms in total. The van der Waals surface area contributed by atoms with Crippen LogP contribution < -0.4 is 9.64 Å². The third-order valence-corrected chi connectivity index (χ3v) is 8.14.